The maximum Gasteiger partial charge on any atom is 0.225 e. The normalized spacial score (nSPS) is 21.4. The molecule has 0 radical (unpaired) electrons. The third-order valence-electron chi connectivity index (χ3n) is 7.93. The molecule has 6 rings (SSSR count). The number of anilines is 1. The number of nitrogens with zero attached hydrogens (tertiary/aromatic N) is 4. The molecule has 3 atom stereocenters. The number of ether oxygens (including phenoxy) is 2. The zero-order valence-electron chi connectivity index (χ0n) is 21.3. The number of fused-ring (bicyclic) bond motifs is 2. The number of hydrogen-bond donors (Lipinski definition) is 2. The quantitative estimate of drug-likeness (QED) is 0.510. The Morgan fingerprint density at radius 3 is 2.76 bits per heavy atom. The van der Waals surface area contributed by atoms with E-state index in [1.165, 1.54) is 0 Å². The van der Waals surface area contributed by atoms with E-state index in [0.29, 0.717) is 37.8 Å². The molecule has 9 heteroatoms. The fourth-order valence-electron chi connectivity index (χ4n) is 5.78. The lowest BCUT2D eigenvalue weighted by Gasteiger charge is -2.30. The van der Waals surface area contributed by atoms with Crippen LogP contribution < -0.4 is 19.7 Å². The van der Waals surface area contributed by atoms with Gasteiger partial charge in [0.05, 0.1) is 23.7 Å². The number of benzene rings is 2. The monoisotopic (exact) mass is 505 g/mol. The zero-order chi connectivity index (χ0) is 25.4. The highest BCUT2D eigenvalue weighted by Crippen LogP contribution is 2.34. The van der Waals surface area contributed by atoms with Crippen LogP contribution in [0.5, 0.6) is 11.5 Å². The Morgan fingerprint density at radius 2 is 1.92 bits per heavy atom. The number of nitrogens with one attached hydrogen (secondary N) is 1. The van der Waals surface area contributed by atoms with Crippen LogP contribution in [0.25, 0.3) is 10.9 Å². The van der Waals surface area contributed by atoms with Crippen LogP contribution in [0.15, 0.2) is 42.6 Å². The number of rotatable bonds is 7. The highest BCUT2D eigenvalue weighted by molar-refractivity contribution is 5.84. The Balaban J connectivity index is 1.16. The van der Waals surface area contributed by atoms with Crippen molar-refractivity contribution >= 4 is 22.5 Å². The van der Waals surface area contributed by atoms with Crippen molar-refractivity contribution in [1.29, 1.82) is 0 Å². The van der Waals surface area contributed by atoms with E-state index in [4.69, 9.17) is 9.47 Å². The molecule has 37 heavy (non-hydrogen) atoms. The molecule has 3 aromatic rings. The number of amides is 1. The van der Waals surface area contributed by atoms with E-state index >= 15 is 0 Å². The lowest BCUT2D eigenvalue weighted by molar-refractivity contribution is -0.126. The molecule has 2 fully saturated rings. The molecule has 0 aliphatic carbocycles. The summed E-state index contributed by atoms with van der Waals surface area (Å²) in [6, 6.07) is 11.5. The maximum atomic E-state index is 13.5. The molecule has 0 saturated carbocycles. The molecular formula is C28H35N5O4. The van der Waals surface area contributed by atoms with Crippen molar-refractivity contribution in [3.8, 4) is 11.5 Å². The standard InChI is InChI=1S/C28H35N5O4/c1-31-24-15-22(6-4-20(24)16-29-31)33-11-8-21(17-33)28(35)30-23(18-32-9-2-3-10-32)27(34)19-5-7-25-26(14-19)37-13-12-36-25/h4-7,14-16,21,23,27,34H,2-3,8-13,17-18H2,1H3,(H,30,35)/t21-,23+,27+/m0/s1. The Hall–Kier alpha value is -3.30. The molecule has 0 bridgehead atoms. The van der Waals surface area contributed by atoms with Gasteiger partial charge in [0.1, 0.15) is 19.3 Å². The van der Waals surface area contributed by atoms with Gasteiger partial charge in [-0.05, 0) is 68.2 Å². The second-order valence-electron chi connectivity index (χ2n) is 10.4. The number of aromatic nitrogens is 2. The Bertz CT molecular complexity index is 1270. The minimum atomic E-state index is -0.842. The highest BCUT2D eigenvalue weighted by Gasteiger charge is 2.33. The van der Waals surface area contributed by atoms with Gasteiger partial charge in [-0.1, -0.05) is 6.07 Å². The van der Waals surface area contributed by atoms with Crippen molar-refractivity contribution in [3.63, 3.8) is 0 Å². The van der Waals surface area contributed by atoms with Gasteiger partial charge in [-0.3, -0.25) is 9.48 Å². The van der Waals surface area contributed by atoms with Crippen LogP contribution in [0.2, 0.25) is 0 Å². The molecule has 3 aliphatic heterocycles. The Kier molecular flexibility index (Phi) is 6.65. The first-order chi connectivity index (χ1) is 18.0. The smallest absolute Gasteiger partial charge is 0.225 e. The van der Waals surface area contributed by atoms with E-state index in [1.807, 2.05) is 36.1 Å². The van der Waals surface area contributed by atoms with E-state index in [1.54, 1.807) is 0 Å². The van der Waals surface area contributed by atoms with Crippen molar-refractivity contribution < 1.29 is 19.4 Å². The Morgan fingerprint density at radius 1 is 1.11 bits per heavy atom. The zero-order valence-corrected chi connectivity index (χ0v) is 21.3. The summed E-state index contributed by atoms with van der Waals surface area (Å²) in [5.74, 6) is 1.21. The summed E-state index contributed by atoms with van der Waals surface area (Å²) >= 11 is 0. The first-order valence-electron chi connectivity index (χ1n) is 13.3. The fraction of sp³-hybridized carbons (Fsp3) is 0.500. The predicted molar refractivity (Wildman–Crippen MR) is 141 cm³/mol. The SMILES string of the molecule is Cn1ncc2ccc(N3CC[C@H](C(=O)N[C@H](CN4CCCC4)[C@H](O)c4ccc5c(c4)OCCO5)C3)cc21. The van der Waals surface area contributed by atoms with Crippen molar-refractivity contribution in [2.24, 2.45) is 13.0 Å². The molecule has 4 heterocycles. The number of carbonyl (C=O) groups excluding carboxylic acids is 1. The van der Waals surface area contributed by atoms with Crippen LogP contribution in [0.4, 0.5) is 5.69 Å². The largest absolute Gasteiger partial charge is 0.486 e. The number of aliphatic hydroxyl groups is 1. The number of likely N-dealkylation sites (tertiary alicyclic amines) is 1. The number of aliphatic hydroxyl groups excluding tert-OH is 1. The van der Waals surface area contributed by atoms with Crippen LogP contribution in [0.1, 0.15) is 30.9 Å². The van der Waals surface area contributed by atoms with Crippen molar-refractivity contribution in [2.45, 2.75) is 31.4 Å². The minimum Gasteiger partial charge on any atom is -0.486 e. The molecule has 0 unspecified atom stereocenters. The van der Waals surface area contributed by atoms with E-state index in [2.05, 4.69) is 38.4 Å². The molecular weight excluding hydrogens is 470 g/mol. The van der Waals surface area contributed by atoms with Crippen LogP contribution in [-0.2, 0) is 11.8 Å². The number of hydrogen-bond acceptors (Lipinski definition) is 7. The number of carbonyl (C=O) groups is 1. The lowest BCUT2D eigenvalue weighted by Crippen LogP contribution is -2.48. The lowest BCUT2D eigenvalue weighted by atomic mass is 9.99. The molecule has 0 spiro atoms. The van der Waals surface area contributed by atoms with Crippen LogP contribution >= 0.6 is 0 Å². The average Bonchev–Trinajstić information content (AvgIpc) is 3.69. The molecule has 9 nitrogen and oxygen atoms in total. The average molecular weight is 506 g/mol. The summed E-state index contributed by atoms with van der Waals surface area (Å²) in [4.78, 5) is 18.1. The van der Waals surface area contributed by atoms with Gasteiger partial charge < -0.3 is 29.7 Å². The Labute approximate surface area is 216 Å². The second-order valence-corrected chi connectivity index (χ2v) is 10.4. The van der Waals surface area contributed by atoms with Crippen molar-refractivity contribution in [3.05, 3.63) is 48.2 Å². The van der Waals surface area contributed by atoms with Gasteiger partial charge in [0.25, 0.3) is 0 Å². The van der Waals surface area contributed by atoms with Gasteiger partial charge in [-0.25, -0.2) is 0 Å². The molecule has 3 aliphatic rings. The third-order valence-corrected chi connectivity index (χ3v) is 7.93. The van der Waals surface area contributed by atoms with E-state index < -0.39 is 12.1 Å². The van der Waals surface area contributed by atoms with Gasteiger partial charge in [0, 0.05) is 37.8 Å². The summed E-state index contributed by atoms with van der Waals surface area (Å²) in [6.07, 6.45) is 4.11. The molecule has 2 saturated heterocycles. The van der Waals surface area contributed by atoms with Crippen LogP contribution in [-0.4, -0.2) is 77.7 Å². The first kappa shape index (κ1) is 24.1. The van der Waals surface area contributed by atoms with Gasteiger partial charge in [-0.15, -0.1) is 0 Å². The molecule has 2 aromatic carbocycles. The molecule has 196 valence electrons. The van der Waals surface area contributed by atoms with E-state index in [0.717, 1.165) is 61.1 Å². The van der Waals surface area contributed by atoms with Gasteiger partial charge in [0.15, 0.2) is 11.5 Å². The molecule has 1 amide bonds. The van der Waals surface area contributed by atoms with Crippen molar-refractivity contribution in [1.82, 2.24) is 20.0 Å². The molecule has 2 N–H and O–H groups in total. The summed E-state index contributed by atoms with van der Waals surface area (Å²) in [5, 5.41) is 20.1. The highest BCUT2D eigenvalue weighted by atomic mass is 16.6. The van der Waals surface area contributed by atoms with Crippen molar-refractivity contribution in [2.75, 3.05) is 50.8 Å². The third kappa shape index (κ3) is 4.98. The predicted octanol–water partition coefficient (Wildman–Crippen LogP) is 2.48. The van der Waals surface area contributed by atoms with Gasteiger partial charge in [-0.2, -0.15) is 5.10 Å². The van der Waals surface area contributed by atoms with Crippen LogP contribution in [0, 0.1) is 5.92 Å². The maximum absolute atomic E-state index is 13.5. The topological polar surface area (TPSA) is 92.1 Å². The summed E-state index contributed by atoms with van der Waals surface area (Å²) in [6.45, 7) is 5.11. The summed E-state index contributed by atoms with van der Waals surface area (Å²) in [7, 11) is 1.94. The number of aryl methyl sites for hydroxylation is 1. The van der Waals surface area contributed by atoms with Gasteiger partial charge >= 0.3 is 0 Å². The summed E-state index contributed by atoms with van der Waals surface area (Å²) < 4.78 is 13.2. The van der Waals surface area contributed by atoms with Crippen LogP contribution in [0.3, 0.4) is 0 Å². The van der Waals surface area contributed by atoms with Gasteiger partial charge in [0.2, 0.25) is 5.91 Å². The molecule has 1 aromatic heterocycles. The van der Waals surface area contributed by atoms with E-state index in [9.17, 15) is 9.90 Å². The first-order valence-corrected chi connectivity index (χ1v) is 13.3. The van der Waals surface area contributed by atoms with E-state index in [-0.39, 0.29) is 11.8 Å². The fourth-order valence-corrected chi connectivity index (χ4v) is 5.78. The summed E-state index contributed by atoms with van der Waals surface area (Å²) in [5.41, 5.74) is 2.92. The minimum absolute atomic E-state index is 0.00454. The second kappa shape index (κ2) is 10.2.